The number of rotatable bonds is 2. The van der Waals surface area contributed by atoms with Gasteiger partial charge in [-0.2, -0.15) is 0 Å². The van der Waals surface area contributed by atoms with Crippen LogP contribution in [0.4, 0.5) is 0 Å². The van der Waals surface area contributed by atoms with Gasteiger partial charge < -0.3 is 10.1 Å². The summed E-state index contributed by atoms with van der Waals surface area (Å²) >= 11 is 0. The number of nitrogens with one attached hydrogen (secondary N) is 1. The highest BCUT2D eigenvalue weighted by Gasteiger charge is 2.03. The summed E-state index contributed by atoms with van der Waals surface area (Å²) in [6, 6.07) is 7.04. The molecule has 2 N–H and O–H groups in total. The quantitative estimate of drug-likeness (QED) is 0.759. The normalized spacial score (nSPS) is 10.6. The molecule has 1 heterocycles. The van der Waals surface area contributed by atoms with Crippen molar-refractivity contribution in [3.05, 3.63) is 30.0 Å². The van der Waals surface area contributed by atoms with Crippen LogP contribution in [0.15, 0.2) is 24.3 Å². The topological polar surface area (TPSA) is 53.1 Å². The lowest BCUT2D eigenvalue weighted by molar-refractivity contribution is -0.116. The molecule has 72 valence electrons. The van der Waals surface area contributed by atoms with Crippen LogP contribution in [0.5, 0.6) is 5.75 Å². The van der Waals surface area contributed by atoms with E-state index in [1.807, 2.05) is 12.1 Å². The van der Waals surface area contributed by atoms with Gasteiger partial charge in [0, 0.05) is 23.7 Å². The largest absolute Gasteiger partial charge is 0.508 e. The molecule has 2 aromatic rings. The zero-order valence-corrected chi connectivity index (χ0v) is 7.87. The molecule has 14 heavy (non-hydrogen) atoms. The first kappa shape index (κ1) is 8.81. The standard InChI is InChI=1S/C11H11NO2/c1-7(13)4-9-5-8-2-3-10(14)6-11(8)12-9/h2-3,5-6,12,14H,4H2,1H3. The third kappa shape index (κ3) is 1.62. The fourth-order valence-corrected chi connectivity index (χ4v) is 1.54. The summed E-state index contributed by atoms with van der Waals surface area (Å²) in [5.41, 5.74) is 1.75. The van der Waals surface area contributed by atoms with Crippen LogP contribution in [0.25, 0.3) is 10.9 Å². The van der Waals surface area contributed by atoms with Gasteiger partial charge in [0.15, 0.2) is 0 Å². The summed E-state index contributed by atoms with van der Waals surface area (Å²) in [7, 11) is 0. The van der Waals surface area contributed by atoms with Crippen molar-refractivity contribution in [1.82, 2.24) is 4.98 Å². The van der Waals surface area contributed by atoms with E-state index in [4.69, 9.17) is 0 Å². The zero-order chi connectivity index (χ0) is 10.1. The smallest absolute Gasteiger partial charge is 0.135 e. The minimum absolute atomic E-state index is 0.126. The Kier molecular flexibility index (Phi) is 2.00. The van der Waals surface area contributed by atoms with Crippen LogP contribution in [0.2, 0.25) is 0 Å². The van der Waals surface area contributed by atoms with Crippen molar-refractivity contribution in [1.29, 1.82) is 0 Å². The Bertz CT molecular complexity index is 485. The molecule has 0 saturated carbocycles. The SMILES string of the molecule is CC(=O)Cc1cc2ccc(O)cc2[nH]1. The van der Waals surface area contributed by atoms with Crippen molar-refractivity contribution in [2.75, 3.05) is 0 Å². The van der Waals surface area contributed by atoms with Crippen LogP contribution in [0.3, 0.4) is 0 Å². The van der Waals surface area contributed by atoms with Crippen LogP contribution in [-0.2, 0) is 11.2 Å². The van der Waals surface area contributed by atoms with Gasteiger partial charge in [0.1, 0.15) is 11.5 Å². The molecule has 0 saturated heterocycles. The molecule has 1 aromatic heterocycles. The van der Waals surface area contributed by atoms with Gasteiger partial charge >= 0.3 is 0 Å². The Morgan fingerprint density at radius 2 is 2.21 bits per heavy atom. The number of aromatic nitrogens is 1. The van der Waals surface area contributed by atoms with Gasteiger partial charge in [-0.3, -0.25) is 4.79 Å². The second kappa shape index (κ2) is 3.18. The number of benzene rings is 1. The second-order valence-corrected chi connectivity index (χ2v) is 3.44. The number of aromatic hydroxyl groups is 1. The van der Waals surface area contributed by atoms with Crippen LogP contribution in [-0.4, -0.2) is 15.9 Å². The Morgan fingerprint density at radius 3 is 2.93 bits per heavy atom. The number of H-pyrrole nitrogens is 1. The monoisotopic (exact) mass is 189 g/mol. The van der Waals surface area contributed by atoms with E-state index in [9.17, 15) is 9.90 Å². The number of carbonyl (C=O) groups is 1. The second-order valence-electron chi connectivity index (χ2n) is 3.44. The molecule has 0 radical (unpaired) electrons. The van der Waals surface area contributed by atoms with Gasteiger partial charge in [0.25, 0.3) is 0 Å². The summed E-state index contributed by atoms with van der Waals surface area (Å²) < 4.78 is 0. The Hall–Kier alpha value is -1.77. The maximum absolute atomic E-state index is 10.9. The van der Waals surface area contributed by atoms with Crippen LogP contribution in [0, 0.1) is 0 Å². The molecule has 0 aliphatic carbocycles. The van der Waals surface area contributed by atoms with Crippen molar-refractivity contribution >= 4 is 16.7 Å². The molecule has 3 heteroatoms. The van der Waals surface area contributed by atoms with Crippen LogP contribution in [0.1, 0.15) is 12.6 Å². The highest BCUT2D eigenvalue weighted by molar-refractivity contribution is 5.84. The average Bonchev–Trinajstić information content (AvgIpc) is 2.44. The Labute approximate surface area is 81.4 Å². The predicted octanol–water partition coefficient (Wildman–Crippen LogP) is 2.00. The van der Waals surface area contributed by atoms with Crippen molar-refractivity contribution in [3.8, 4) is 5.75 Å². The van der Waals surface area contributed by atoms with Crippen molar-refractivity contribution in [3.63, 3.8) is 0 Å². The van der Waals surface area contributed by atoms with Crippen molar-refractivity contribution in [2.24, 2.45) is 0 Å². The fourth-order valence-electron chi connectivity index (χ4n) is 1.54. The molecule has 0 amide bonds. The number of aromatic amines is 1. The van der Waals surface area contributed by atoms with Gasteiger partial charge in [-0.15, -0.1) is 0 Å². The molecule has 0 spiro atoms. The van der Waals surface area contributed by atoms with Gasteiger partial charge in [-0.25, -0.2) is 0 Å². The molecular weight excluding hydrogens is 178 g/mol. The number of hydrogen-bond donors (Lipinski definition) is 2. The van der Waals surface area contributed by atoms with E-state index >= 15 is 0 Å². The molecule has 0 bridgehead atoms. The molecule has 0 fully saturated rings. The minimum atomic E-state index is 0.126. The summed E-state index contributed by atoms with van der Waals surface area (Å²) in [6.07, 6.45) is 0.412. The lowest BCUT2D eigenvalue weighted by Crippen LogP contribution is -1.95. The Morgan fingerprint density at radius 1 is 1.43 bits per heavy atom. The maximum Gasteiger partial charge on any atom is 0.135 e. The van der Waals surface area contributed by atoms with E-state index in [1.165, 1.54) is 0 Å². The Balaban J connectivity index is 2.46. The van der Waals surface area contributed by atoms with E-state index in [0.717, 1.165) is 16.6 Å². The van der Waals surface area contributed by atoms with Crippen LogP contribution >= 0.6 is 0 Å². The van der Waals surface area contributed by atoms with E-state index in [1.54, 1.807) is 19.1 Å². The summed E-state index contributed by atoms with van der Waals surface area (Å²) in [5, 5.41) is 10.2. The molecule has 0 atom stereocenters. The van der Waals surface area contributed by atoms with Gasteiger partial charge in [-0.1, -0.05) is 0 Å². The molecular formula is C11H11NO2. The van der Waals surface area contributed by atoms with Gasteiger partial charge in [0.2, 0.25) is 0 Å². The van der Waals surface area contributed by atoms with E-state index in [-0.39, 0.29) is 11.5 Å². The highest BCUT2D eigenvalue weighted by atomic mass is 16.3. The number of phenols is 1. The van der Waals surface area contributed by atoms with Crippen LogP contribution < -0.4 is 0 Å². The molecule has 3 nitrogen and oxygen atoms in total. The predicted molar refractivity (Wildman–Crippen MR) is 54.3 cm³/mol. The number of hydrogen-bond acceptors (Lipinski definition) is 2. The lowest BCUT2D eigenvalue weighted by atomic mass is 10.2. The first-order chi connectivity index (χ1) is 6.65. The lowest BCUT2D eigenvalue weighted by Gasteiger charge is -1.91. The molecule has 0 aliphatic heterocycles. The molecule has 1 aromatic carbocycles. The van der Waals surface area contributed by atoms with E-state index in [2.05, 4.69) is 4.98 Å². The summed E-state index contributed by atoms with van der Waals surface area (Å²) in [6.45, 7) is 1.56. The number of phenolic OH excluding ortho intramolecular Hbond substituents is 1. The zero-order valence-electron chi connectivity index (χ0n) is 7.87. The third-order valence-electron chi connectivity index (χ3n) is 2.10. The molecule has 2 rings (SSSR count). The first-order valence-electron chi connectivity index (χ1n) is 4.45. The molecule has 0 aliphatic rings. The minimum Gasteiger partial charge on any atom is -0.508 e. The van der Waals surface area contributed by atoms with Gasteiger partial charge in [-0.05, 0) is 30.5 Å². The van der Waals surface area contributed by atoms with E-state index < -0.39 is 0 Å². The number of carbonyl (C=O) groups excluding carboxylic acids is 1. The van der Waals surface area contributed by atoms with Crippen molar-refractivity contribution in [2.45, 2.75) is 13.3 Å². The van der Waals surface area contributed by atoms with Crippen molar-refractivity contribution < 1.29 is 9.90 Å². The highest BCUT2D eigenvalue weighted by Crippen LogP contribution is 2.20. The third-order valence-corrected chi connectivity index (χ3v) is 2.10. The van der Waals surface area contributed by atoms with Gasteiger partial charge in [0.05, 0.1) is 0 Å². The average molecular weight is 189 g/mol. The molecule has 0 unspecified atom stereocenters. The fraction of sp³-hybridized carbons (Fsp3) is 0.182. The summed E-state index contributed by atoms with van der Waals surface area (Å²) in [4.78, 5) is 14.0. The number of fused-ring (bicyclic) bond motifs is 1. The maximum atomic E-state index is 10.9. The van der Waals surface area contributed by atoms with E-state index in [0.29, 0.717) is 6.42 Å². The number of Topliss-reactive ketones (excluding diaryl/α,β-unsaturated/α-hetero) is 1. The first-order valence-corrected chi connectivity index (χ1v) is 4.45. The summed E-state index contributed by atoms with van der Waals surface area (Å²) in [5.74, 6) is 0.356. The number of ketones is 1.